The van der Waals surface area contributed by atoms with Gasteiger partial charge in [-0.05, 0) is 25.2 Å². The van der Waals surface area contributed by atoms with Gasteiger partial charge in [-0.2, -0.15) is 0 Å². The van der Waals surface area contributed by atoms with Crippen LogP contribution in [0.5, 0.6) is 0 Å². The van der Waals surface area contributed by atoms with E-state index in [9.17, 15) is 4.79 Å². The zero-order valence-corrected chi connectivity index (χ0v) is 14.1. The molecule has 21 heavy (non-hydrogen) atoms. The van der Waals surface area contributed by atoms with Crippen LogP contribution in [0.1, 0.15) is 59.8 Å². The highest BCUT2D eigenvalue weighted by Crippen LogP contribution is 2.28. The number of carbonyl (C=O) groups is 1. The summed E-state index contributed by atoms with van der Waals surface area (Å²) in [5.74, 6) is 1.23. The van der Waals surface area contributed by atoms with E-state index in [1.165, 1.54) is 0 Å². The molecule has 0 spiro atoms. The largest absolute Gasteiger partial charge is 0.378 e. The second-order valence-electron chi connectivity index (χ2n) is 6.69. The maximum Gasteiger partial charge on any atom is 0.241 e. The number of amides is 1. The van der Waals surface area contributed by atoms with Crippen molar-refractivity contribution < 1.29 is 9.53 Å². The molecule has 0 bridgehead atoms. The van der Waals surface area contributed by atoms with Gasteiger partial charge in [0.1, 0.15) is 0 Å². The van der Waals surface area contributed by atoms with Crippen LogP contribution in [0.15, 0.2) is 0 Å². The maximum atomic E-state index is 12.8. The number of nitrogens with one attached hydrogen (secondary N) is 1. The van der Waals surface area contributed by atoms with Crippen molar-refractivity contribution in [2.24, 2.45) is 11.8 Å². The molecule has 2 aliphatic heterocycles. The molecule has 2 aliphatic rings. The molecular weight excluding hydrogens is 264 g/mol. The Morgan fingerprint density at radius 1 is 1.38 bits per heavy atom. The van der Waals surface area contributed by atoms with Gasteiger partial charge in [0.2, 0.25) is 5.91 Å². The summed E-state index contributed by atoms with van der Waals surface area (Å²) in [5, 5.41) is 3.58. The molecule has 5 atom stereocenters. The molecule has 4 nitrogen and oxygen atoms in total. The molecule has 1 N–H and O–H groups in total. The van der Waals surface area contributed by atoms with Crippen molar-refractivity contribution in [1.29, 1.82) is 0 Å². The van der Waals surface area contributed by atoms with Crippen LogP contribution >= 0.6 is 0 Å². The Morgan fingerprint density at radius 3 is 2.76 bits per heavy atom. The lowest BCUT2D eigenvalue weighted by molar-refractivity contribution is -0.131. The summed E-state index contributed by atoms with van der Waals surface area (Å²) in [4.78, 5) is 14.9. The Hall–Kier alpha value is -0.610. The third-order valence-corrected chi connectivity index (χ3v) is 5.25. The van der Waals surface area contributed by atoms with E-state index in [4.69, 9.17) is 4.74 Å². The molecule has 1 amide bonds. The molecule has 0 aromatic carbocycles. The summed E-state index contributed by atoms with van der Waals surface area (Å²) < 4.78 is 5.79. The average molecular weight is 296 g/mol. The smallest absolute Gasteiger partial charge is 0.241 e. The van der Waals surface area contributed by atoms with E-state index >= 15 is 0 Å². The molecule has 5 unspecified atom stereocenters. The topological polar surface area (TPSA) is 41.6 Å². The highest BCUT2D eigenvalue weighted by molar-refractivity contribution is 5.84. The van der Waals surface area contributed by atoms with E-state index in [0.717, 1.165) is 45.3 Å². The fourth-order valence-electron chi connectivity index (χ4n) is 3.68. The standard InChI is InChI=1S/C17H32N2O2/c1-5-8-15-18-16(12(4)6-2)17(20)19(15)11-13-9-10-21-14(13)7-3/h12-16,18H,5-11H2,1-4H3. The van der Waals surface area contributed by atoms with Crippen LogP contribution in [-0.4, -0.2) is 42.3 Å². The first kappa shape index (κ1) is 16.8. The summed E-state index contributed by atoms with van der Waals surface area (Å²) in [5.41, 5.74) is 0. The minimum Gasteiger partial charge on any atom is -0.378 e. The first-order valence-corrected chi connectivity index (χ1v) is 8.80. The molecule has 2 saturated heterocycles. The number of ether oxygens (including phenoxy) is 1. The lowest BCUT2D eigenvalue weighted by Gasteiger charge is -2.28. The fraction of sp³-hybridized carbons (Fsp3) is 0.941. The van der Waals surface area contributed by atoms with E-state index in [2.05, 4.69) is 37.9 Å². The Labute approximate surface area is 129 Å². The second kappa shape index (κ2) is 7.59. The molecule has 2 fully saturated rings. The van der Waals surface area contributed by atoms with Crippen molar-refractivity contribution in [2.75, 3.05) is 13.2 Å². The average Bonchev–Trinajstić information content (AvgIpc) is 3.06. The summed E-state index contributed by atoms with van der Waals surface area (Å²) in [6.07, 6.45) is 5.89. The molecular formula is C17H32N2O2. The molecule has 0 radical (unpaired) electrons. The van der Waals surface area contributed by atoms with E-state index in [0.29, 0.717) is 23.8 Å². The molecule has 0 saturated carbocycles. The summed E-state index contributed by atoms with van der Waals surface area (Å²) in [7, 11) is 0. The molecule has 2 heterocycles. The third kappa shape index (κ3) is 3.59. The van der Waals surface area contributed by atoms with Crippen molar-refractivity contribution >= 4 is 5.91 Å². The number of carbonyl (C=O) groups excluding carboxylic acids is 1. The van der Waals surface area contributed by atoms with Gasteiger partial charge in [-0.3, -0.25) is 10.1 Å². The Bertz CT molecular complexity index is 348. The first-order valence-electron chi connectivity index (χ1n) is 8.80. The lowest BCUT2D eigenvalue weighted by Crippen LogP contribution is -2.41. The minimum absolute atomic E-state index is 0.00829. The fourth-order valence-corrected chi connectivity index (χ4v) is 3.68. The van der Waals surface area contributed by atoms with Gasteiger partial charge in [-0.15, -0.1) is 0 Å². The van der Waals surface area contributed by atoms with E-state index in [-0.39, 0.29) is 12.2 Å². The SMILES string of the molecule is CCCC1NC(C(C)CC)C(=O)N1CC1CCOC1CC. The van der Waals surface area contributed by atoms with E-state index < -0.39 is 0 Å². The molecule has 0 aromatic rings. The van der Waals surface area contributed by atoms with Crippen molar-refractivity contribution in [2.45, 2.75) is 78.1 Å². The van der Waals surface area contributed by atoms with Gasteiger partial charge in [0.15, 0.2) is 0 Å². The van der Waals surface area contributed by atoms with Crippen molar-refractivity contribution in [3.05, 3.63) is 0 Å². The normalized spacial score (nSPS) is 34.7. The monoisotopic (exact) mass is 296 g/mol. The van der Waals surface area contributed by atoms with Crippen LogP contribution in [0.25, 0.3) is 0 Å². The predicted octanol–water partition coefficient (Wildman–Crippen LogP) is 2.77. The minimum atomic E-state index is 0.00829. The number of hydrogen-bond donors (Lipinski definition) is 1. The highest BCUT2D eigenvalue weighted by Gasteiger charge is 2.42. The van der Waals surface area contributed by atoms with Crippen molar-refractivity contribution in [3.63, 3.8) is 0 Å². The van der Waals surface area contributed by atoms with Gasteiger partial charge in [-0.1, -0.05) is 40.5 Å². The van der Waals surface area contributed by atoms with Crippen LogP contribution in [0, 0.1) is 11.8 Å². The zero-order chi connectivity index (χ0) is 15.4. The Morgan fingerprint density at radius 2 is 2.14 bits per heavy atom. The lowest BCUT2D eigenvalue weighted by atomic mass is 9.97. The molecule has 0 aromatic heterocycles. The van der Waals surface area contributed by atoms with Gasteiger partial charge >= 0.3 is 0 Å². The van der Waals surface area contributed by atoms with Gasteiger partial charge in [0.25, 0.3) is 0 Å². The second-order valence-corrected chi connectivity index (χ2v) is 6.69. The molecule has 122 valence electrons. The summed E-state index contributed by atoms with van der Waals surface area (Å²) in [6.45, 7) is 10.4. The number of rotatable bonds is 7. The van der Waals surface area contributed by atoms with Gasteiger partial charge < -0.3 is 9.64 Å². The first-order chi connectivity index (χ1) is 10.1. The number of hydrogen-bond acceptors (Lipinski definition) is 3. The molecule has 4 heteroatoms. The van der Waals surface area contributed by atoms with Crippen LogP contribution in [0.2, 0.25) is 0 Å². The summed E-state index contributed by atoms with van der Waals surface area (Å²) >= 11 is 0. The highest BCUT2D eigenvalue weighted by atomic mass is 16.5. The predicted molar refractivity (Wildman–Crippen MR) is 84.9 cm³/mol. The van der Waals surface area contributed by atoms with Crippen LogP contribution in [-0.2, 0) is 9.53 Å². The van der Waals surface area contributed by atoms with Crippen LogP contribution in [0.4, 0.5) is 0 Å². The maximum absolute atomic E-state index is 12.8. The molecule has 2 rings (SSSR count). The van der Waals surface area contributed by atoms with Crippen molar-refractivity contribution in [1.82, 2.24) is 10.2 Å². The quantitative estimate of drug-likeness (QED) is 0.785. The van der Waals surface area contributed by atoms with Crippen LogP contribution in [0.3, 0.4) is 0 Å². The van der Waals surface area contributed by atoms with Gasteiger partial charge in [-0.25, -0.2) is 0 Å². The third-order valence-electron chi connectivity index (χ3n) is 5.25. The Balaban J connectivity index is 2.05. The van der Waals surface area contributed by atoms with Crippen molar-refractivity contribution in [3.8, 4) is 0 Å². The summed E-state index contributed by atoms with van der Waals surface area (Å²) in [6, 6.07) is 0.00829. The van der Waals surface area contributed by atoms with Crippen LogP contribution < -0.4 is 5.32 Å². The number of nitrogens with zero attached hydrogens (tertiary/aromatic N) is 1. The zero-order valence-electron chi connectivity index (χ0n) is 14.1. The van der Waals surface area contributed by atoms with E-state index in [1.54, 1.807) is 0 Å². The van der Waals surface area contributed by atoms with Gasteiger partial charge in [0, 0.05) is 19.1 Å². The molecule has 0 aliphatic carbocycles. The van der Waals surface area contributed by atoms with Gasteiger partial charge in [0.05, 0.1) is 18.3 Å². The Kier molecular flexibility index (Phi) is 6.06. The van der Waals surface area contributed by atoms with E-state index in [1.807, 2.05) is 0 Å².